The van der Waals surface area contributed by atoms with Gasteiger partial charge in [-0.1, -0.05) is 54.2 Å². The minimum atomic E-state index is -0.170. The summed E-state index contributed by atoms with van der Waals surface area (Å²) in [6.45, 7) is 4.04. The number of ether oxygens (including phenoxy) is 2. The number of nitrogens with one attached hydrogen (secondary N) is 1. The van der Waals surface area contributed by atoms with E-state index < -0.39 is 0 Å². The number of benzene rings is 3. The topological polar surface area (TPSA) is 84.2 Å². The van der Waals surface area contributed by atoms with Crippen molar-refractivity contribution < 1.29 is 14.3 Å². The Morgan fingerprint density at radius 1 is 0.919 bits per heavy atom. The van der Waals surface area contributed by atoms with Crippen LogP contribution < -0.4 is 14.8 Å². The summed E-state index contributed by atoms with van der Waals surface area (Å²) in [5.74, 6) is 1.10. The summed E-state index contributed by atoms with van der Waals surface area (Å²) in [6.07, 6.45) is 0. The van der Waals surface area contributed by atoms with Crippen LogP contribution in [0.4, 0.5) is 5.69 Å². The van der Waals surface area contributed by atoms with Crippen LogP contribution in [0, 0.1) is 25.2 Å². The molecule has 0 fully saturated rings. The summed E-state index contributed by atoms with van der Waals surface area (Å²) in [7, 11) is 3.15. The van der Waals surface area contributed by atoms with E-state index >= 15 is 0 Å². The Labute approximate surface area is 221 Å². The number of nitrogens with zero attached hydrogens (tertiary/aromatic N) is 2. The molecule has 4 rings (SSSR count). The van der Waals surface area contributed by atoms with Crippen LogP contribution in [0.15, 0.2) is 77.8 Å². The lowest BCUT2D eigenvalue weighted by atomic mass is 9.99. The third-order valence-electron chi connectivity index (χ3n) is 5.99. The minimum absolute atomic E-state index is 0.109. The molecule has 1 heterocycles. The predicted molar refractivity (Wildman–Crippen MR) is 148 cm³/mol. The number of hydrogen-bond acceptors (Lipinski definition) is 6. The van der Waals surface area contributed by atoms with Gasteiger partial charge in [-0.15, -0.1) is 0 Å². The first kappa shape index (κ1) is 25.8. The van der Waals surface area contributed by atoms with Crippen molar-refractivity contribution in [2.45, 2.75) is 18.9 Å². The highest BCUT2D eigenvalue weighted by Crippen LogP contribution is 2.38. The smallest absolute Gasteiger partial charge is 0.234 e. The largest absolute Gasteiger partial charge is 0.493 e. The molecule has 0 radical (unpaired) electrons. The molecular formula is C30H27N3O3S. The third-order valence-corrected chi connectivity index (χ3v) is 6.97. The van der Waals surface area contributed by atoms with E-state index in [4.69, 9.17) is 14.5 Å². The third kappa shape index (κ3) is 5.93. The average molecular weight is 510 g/mol. The van der Waals surface area contributed by atoms with E-state index in [1.165, 1.54) is 11.8 Å². The van der Waals surface area contributed by atoms with Crippen LogP contribution in [0.5, 0.6) is 11.5 Å². The van der Waals surface area contributed by atoms with Gasteiger partial charge in [-0.05, 0) is 60.9 Å². The molecule has 0 unspecified atom stereocenters. The van der Waals surface area contributed by atoms with Crippen LogP contribution in [-0.2, 0) is 4.79 Å². The van der Waals surface area contributed by atoms with Crippen LogP contribution in [0.3, 0.4) is 0 Å². The molecule has 0 saturated heterocycles. The average Bonchev–Trinajstić information content (AvgIpc) is 2.93. The molecule has 0 bridgehead atoms. The van der Waals surface area contributed by atoms with Gasteiger partial charge in [-0.2, -0.15) is 5.26 Å². The number of methoxy groups -OCH3 is 2. The van der Waals surface area contributed by atoms with Crippen molar-refractivity contribution in [3.63, 3.8) is 0 Å². The fraction of sp³-hybridized carbons (Fsp3) is 0.167. The molecule has 1 aromatic heterocycles. The molecule has 37 heavy (non-hydrogen) atoms. The van der Waals surface area contributed by atoms with Crippen molar-refractivity contribution >= 4 is 23.4 Å². The monoisotopic (exact) mass is 509 g/mol. The Bertz CT molecular complexity index is 1480. The summed E-state index contributed by atoms with van der Waals surface area (Å²) in [5.41, 5.74) is 6.52. The number of aromatic nitrogens is 1. The molecule has 4 aromatic rings. The second-order valence-electron chi connectivity index (χ2n) is 8.42. The number of aryl methyl sites for hydroxylation is 2. The second kappa shape index (κ2) is 11.6. The Morgan fingerprint density at radius 2 is 1.68 bits per heavy atom. The van der Waals surface area contributed by atoms with Gasteiger partial charge < -0.3 is 14.8 Å². The van der Waals surface area contributed by atoms with Crippen molar-refractivity contribution in [3.05, 3.63) is 89.5 Å². The Balaban J connectivity index is 1.71. The first-order chi connectivity index (χ1) is 17.9. The highest BCUT2D eigenvalue weighted by molar-refractivity contribution is 8.00. The number of anilines is 1. The van der Waals surface area contributed by atoms with Gasteiger partial charge in [0.05, 0.1) is 31.2 Å². The SMILES string of the molecule is COc1ccc(-c2cc(-c3ccccc3)nc(SCC(=O)Nc3ccc(C)c(C)c3)c2C#N)cc1OC. The Morgan fingerprint density at radius 3 is 2.35 bits per heavy atom. The summed E-state index contributed by atoms with van der Waals surface area (Å²) < 4.78 is 10.9. The van der Waals surface area contributed by atoms with E-state index in [0.29, 0.717) is 33.3 Å². The molecule has 6 nitrogen and oxygen atoms in total. The maximum atomic E-state index is 12.8. The zero-order valence-corrected chi connectivity index (χ0v) is 22.0. The van der Waals surface area contributed by atoms with Crippen molar-refractivity contribution in [2.24, 2.45) is 0 Å². The van der Waals surface area contributed by atoms with E-state index in [1.807, 2.05) is 86.6 Å². The molecule has 0 atom stereocenters. The van der Waals surface area contributed by atoms with E-state index in [0.717, 1.165) is 27.9 Å². The van der Waals surface area contributed by atoms with Crippen LogP contribution >= 0.6 is 11.8 Å². The van der Waals surface area contributed by atoms with Crippen LogP contribution in [0.2, 0.25) is 0 Å². The molecule has 1 amide bonds. The standard InChI is InChI=1S/C30H27N3O3S/c1-19-10-12-23(14-20(19)2)32-29(34)18-37-30-25(17-31)24(16-26(33-30)21-8-6-5-7-9-21)22-11-13-27(35-3)28(15-22)36-4/h5-16H,18H2,1-4H3,(H,32,34). The highest BCUT2D eigenvalue weighted by Gasteiger charge is 2.18. The van der Waals surface area contributed by atoms with E-state index in [9.17, 15) is 10.1 Å². The molecular weight excluding hydrogens is 482 g/mol. The van der Waals surface area contributed by atoms with E-state index in [2.05, 4.69) is 11.4 Å². The van der Waals surface area contributed by atoms with Crippen LogP contribution in [0.25, 0.3) is 22.4 Å². The molecule has 186 valence electrons. The number of carbonyl (C=O) groups excluding carboxylic acids is 1. The molecule has 0 aliphatic rings. The molecule has 0 aliphatic heterocycles. The molecule has 0 saturated carbocycles. The minimum Gasteiger partial charge on any atom is -0.493 e. The van der Waals surface area contributed by atoms with Gasteiger partial charge in [-0.3, -0.25) is 4.79 Å². The highest BCUT2D eigenvalue weighted by atomic mass is 32.2. The van der Waals surface area contributed by atoms with Gasteiger partial charge in [0, 0.05) is 16.8 Å². The normalized spacial score (nSPS) is 10.5. The maximum absolute atomic E-state index is 12.8. The lowest BCUT2D eigenvalue weighted by Crippen LogP contribution is -2.14. The van der Waals surface area contributed by atoms with Gasteiger partial charge in [0.1, 0.15) is 11.1 Å². The first-order valence-electron chi connectivity index (χ1n) is 11.7. The van der Waals surface area contributed by atoms with Gasteiger partial charge in [-0.25, -0.2) is 4.98 Å². The lowest BCUT2D eigenvalue weighted by Gasteiger charge is -2.14. The number of rotatable bonds is 8. The van der Waals surface area contributed by atoms with Crippen molar-refractivity contribution in [2.75, 3.05) is 25.3 Å². The van der Waals surface area contributed by atoms with Gasteiger partial charge >= 0.3 is 0 Å². The zero-order chi connectivity index (χ0) is 26.4. The lowest BCUT2D eigenvalue weighted by molar-refractivity contribution is -0.113. The van der Waals surface area contributed by atoms with Crippen molar-refractivity contribution in [3.8, 4) is 40.0 Å². The molecule has 0 aliphatic carbocycles. The van der Waals surface area contributed by atoms with Crippen LogP contribution in [-0.4, -0.2) is 30.9 Å². The van der Waals surface area contributed by atoms with Gasteiger partial charge in [0.15, 0.2) is 11.5 Å². The molecule has 1 N–H and O–H groups in total. The van der Waals surface area contributed by atoms with Gasteiger partial charge in [0.2, 0.25) is 5.91 Å². The van der Waals surface area contributed by atoms with E-state index in [1.54, 1.807) is 14.2 Å². The Kier molecular flexibility index (Phi) is 8.11. The van der Waals surface area contributed by atoms with Crippen molar-refractivity contribution in [1.29, 1.82) is 5.26 Å². The summed E-state index contributed by atoms with van der Waals surface area (Å²) in [5, 5.41) is 13.6. The zero-order valence-electron chi connectivity index (χ0n) is 21.2. The first-order valence-corrected chi connectivity index (χ1v) is 12.6. The van der Waals surface area contributed by atoms with E-state index in [-0.39, 0.29) is 11.7 Å². The number of pyridine rings is 1. The predicted octanol–water partition coefficient (Wildman–Crippen LogP) is 6.65. The maximum Gasteiger partial charge on any atom is 0.234 e. The fourth-order valence-electron chi connectivity index (χ4n) is 3.87. The molecule has 3 aromatic carbocycles. The van der Waals surface area contributed by atoms with Gasteiger partial charge in [0.25, 0.3) is 0 Å². The number of amides is 1. The quantitative estimate of drug-likeness (QED) is 0.268. The summed E-state index contributed by atoms with van der Waals surface area (Å²) in [6, 6.07) is 25.3. The Hall–Kier alpha value is -4.28. The van der Waals surface area contributed by atoms with Crippen molar-refractivity contribution in [1.82, 2.24) is 4.98 Å². The second-order valence-corrected chi connectivity index (χ2v) is 9.38. The van der Waals surface area contributed by atoms with Crippen LogP contribution in [0.1, 0.15) is 16.7 Å². The molecule has 0 spiro atoms. The molecule has 7 heteroatoms. The number of hydrogen-bond donors (Lipinski definition) is 1. The fourth-order valence-corrected chi connectivity index (χ4v) is 4.68. The number of nitriles is 1. The summed E-state index contributed by atoms with van der Waals surface area (Å²) >= 11 is 1.24. The summed E-state index contributed by atoms with van der Waals surface area (Å²) in [4.78, 5) is 17.6. The number of carbonyl (C=O) groups is 1. The number of thioether (sulfide) groups is 1.